The molecule has 5 heteroatoms. The molecule has 2 N–H and O–H groups in total. The zero-order valence-electron chi connectivity index (χ0n) is 9.07. The number of likely N-dealkylation sites (N-methyl/N-ethyl adjacent to an activating group) is 1. The summed E-state index contributed by atoms with van der Waals surface area (Å²) in [4.78, 5) is 2.15. The molecule has 0 aliphatic carbocycles. The minimum atomic E-state index is 0.332. The van der Waals surface area contributed by atoms with E-state index in [2.05, 4.69) is 16.2 Å². The Hall–Kier alpha value is -0.810. The van der Waals surface area contributed by atoms with Crippen molar-refractivity contribution in [3.63, 3.8) is 0 Å². The van der Waals surface area contributed by atoms with Gasteiger partial charge in [0.05, 0.1) is 6.61 Å². The lowest BCUT2D eigenvalue weighted by molar-refractivity contribution is 0.183. The van der Waals surface area contributed by atoms with E-state index in [4.69, 9.17) is 10.5 Å². The Morgan fingerprint density at radius 1 is 1.64 bits per heavy atom. The second-order valence-corrected chi connectivity index (χ2v) is 4.17. The highest BCUT2D eigenvalue weighted by Gasteiger charge is 2.15. The van der Waals surface area contributed by atoms with Gasteiger partial charge in [0.1, 0.15) is 10.8 Å². The van der Waals surface area contributed by atoms with Gasteiger partial charge in [-0.1, -0.05) is 0 Å². The fourth-order valence-corrected chi connectivity index (χ4v) is 2.09. The van der Waals surface area contributed by atoms with Crippen LogP contribution in [0.3, 0.4) is 0 Å². The van der Waals surface area contributed by atoms with Gasteiger partial charge in [-0.15, -0.1) is 0 Å². The molecule has 1 heterocycles. The minimum absolute atomic E-state index is 0.332. The Bertz CT molecular complexity index is 300. The summed E-state index contributed by atoms with van der Waals surface area (Å²) < 4.78 is 9.22. The zero-order valence-corrected chi connectivity index (χ0v) is 9.89. The number of nitrogen functional groups attached to an aromatic ring is 1. The average molecular weight is 215 g/mol. The molecule has 0 aromatic carbocycles. The molecule has 1 atom stereocenters. The van der Waals surface area contributed by atoms with Gasteiger partial charge < -0.3 is 15.4 Å². The van der Waals surface area contributed by atoms with E-state index in [0.717, 1.165) is 10.6 Å². The number of nitrogens with zero attached hydrogens (tertiary/aromatic N) is 2. The van der Waals surface area contributed by atoms with E-state index < -0.39 is 0 Å². The van der Waals surface area contributed by atoms with Gasteiger partial charge in [-0.25, -0.2) is 0 Å². The Kier molecular flexibility index (Phi) is 3.71. The van der Waals surface area contributed by atoms with E-state index in [1.165, 1.54) is 11.5 Å². The van der Waals surface area contributed by atoms with Gasteiger partial charge in [0, 0.05) is 25.8 Å². The maximum Gasteiger partial charge on any atom is 0.142 e. The lowest BCUT2D eigenvalue weighted by Crippen LogP contribution is -2.32. The van der Waals surface area contributed by atoms with Crippen LogP contribution in [0.5, 0.6) is 0 Å². The van der Waals surface area contributed by atoms with Crippen LogP contribution >= 0.6 is 11.5 Å². The Morgan fingerprint density at radius 3 is 2.71 bits per heavy atom. The summed E-state index contributed by atoms with van der Waals surface area (Å²) >= 11 is 1.43. The molecule has 0 aliphatic rings. The normalized spacial score (nSPS) is 12.9. The first-order chi connectivity index (χ1) is 6.57. The van der Waals surface area contributed by atoms with Crippen molar-refractivity contribution < 1.29 is 4.74 Å². The predicted octanol–water partition coefficient (Wildman–Crippen LogP) is 1.50. The Morgan fingerprint density at radius 2 is 2.29 bits per heavy atom. The fourth-order valence-electron chi connectivity index (χ4n) is 1.22. The third kappa shape index (κ3) is 2.16. The number of aromatic nitrogens is 1. The topological polar surface area (TPSA) is 51.4 Å². The van der Waals surface area contributed by atoms with Crippen LogP contribution in [0.15, 0.2) is 0 Å². The van der Waals surface area contributed by atoms with Crippen LogP contribution in [0.25, 0.3) is 0 Å². The van der Waals surface area contributed by atoms with E-state index in [0.29, 0.717) is 18.5 Å². The van der Waals surface area contributed by atoms with E-state index in [1.807, 2.05) is 14.0 Å². The molecule has 0 saturated heterocycles. The second-order valence-electron chi connectivity index (χ2n) is 3.41. The van der Waals surface area contributed by atoms with Crippen molar-refractivity contribution >= 4 is 22.4 Å². The molecule has 0 aliphatic heterocycles. The van der Waals surface area contributed by atoms with Crippen LogP contribution in [-0.2, 0) is 4.74 Å². The monoisotopic (exact) mass is 215 g/mol. The summed E-state index contributed by atoms with van der Waals surface area (Å²) in [6.07, 6.45) is 0. The first-order valence-electron chi connectivity index (χ1n) is 4.51. The molecule has 0 bridgehead atoms. The highest BCUT2D eigenvalue weighted by molar-refractivity contribution is 7.10. The highest BCUT2D eigenvalue weighted by Crippen LogP contribution is 2.29. The SMILES string of the molecule is COCC(C)N(C)c1snc(N)c1C. The van der Waals surface area contributed by atoms with Crippen molar-refractivity contribution in [3.05, 3.63) is 5.56 Å². The van der Waals surface area contributed by atoms with E-state index in [-0.39, 0.29) is 0 Å². The number of rotatable bonds is 4. The van der Waals surface area contributed by atoms with E-state index in [9.17, 15) is 0 Å². The largest absolute Gasteiger partial charge is 0.383 e. The minimum Gasteiger partial charge on any atom is -0.383 e. The summed E-state index contributed by atoms with van der Waals surface area (Å²) in [5, 5.41) is 1.12. The van der Waals surface area contributed by atoms with Crippen molar-refractivity contribution in [1.29, 1.82) is 0 Å². The van der Waals surface area contributed by atoms with Crippen molar-refractivity contribution in [1.82, 2.24) is 4.37 Å². The van der Waals surface area contributed by atoms with Gasteiger partial charge >= 0.3 is 0 Å². The maximum atomic E-state index is 5.69. The molecule has 0 spiro atoms. The quantitative estimate of drug-likeness (QED) is 0.827. The lowest BCUT2D eigenvalue weighted by Gasteiger charge is -2.25. The number of ether oxygens (including phenoxy) is 1. The van der Waals surface area contributed by atoms with Crippen LogP contribution < -0.4 is 10.6 Å². The summed E-state index contributed by atoms with van der Waals surface area (Å²) in [5.74, 6) is 0.626. The van der Waals surface area contributed by atoms with Crippen LogP contribution in [0.4, 0.5) is 10.8 Å². The third-order valence-electron chi connectivity index (χ3n) is 2.32. The fraction of sp³-hybridized carbons (Fsp3) is 0.667. The van der Waals surface area contributed by atoms with Crippen LogP contribution in [0.2, 0.25) is 0 Å². The van der Waals surface area contributed by atoms with Crippen molar-refractivity contribution in [2.24, 2.45) is 0 Å². The molecule has 4 nitrogen and oxygen atoms in total. The molecule has 0 radical (unpaired) electrons. The summed E-state index contributed by atoms with van der Waals surface area (Å²) in [6.45, 7) is 4.80. The van der Waals surface area contributed by atoms with Crippen LogP contribution in [0, 0.1) is 6.92 Å². The molecular formula is C9H17N3OS. The molecule has 1 unspecified atom stereocenters. The summed E-state index contributed by atoms with van der Waals surface area (Å²) in [5.41, 5.74) is 6.75. The molecule has 1 rings (SSSR count). The maximum absolute atomic E-state index is 5.69. The Labute approximate surface area is 88.8 Å². The number of hydrogen-bond acceptors (Lipinski definition) is 5. The molecule has 0 saturated carbocycles. The predicted molar refractivity (Wildman–Crippen MR) is 61.0 cm³/mol. The smallest absolute Gasteiger partial charge is 0.142 e. The van der Waals surface area contributed by atoms with Gasteiger partial charge in [-0.3, -0.25) is 0 Å². The number of anilines is 2. The van der Waals surface area contributed by atoms with E-state index >= 15 is 0 Å². The van der Waals surface area contributed by atoms with Gasteiger partial charge in [-0.05, 0) is 25.4 Å². The third-order valence-corrected chi connectivity index (χ3v) is 3.38. The average Bonchev–Trinajstić information content (AvgIpc) is 2.47. The van der Waals surface area contributed by atoms with Crippen molar-refractivity contribution in [2.75, 3.05) is 31.4 Å². The van der Waals surface area contributed by atoms with Crippen molar-refractivity contribution in [3.8, 4) is 0 Å². The molecule has 1 aromatic rings. The lowest BCUT2D eigenvalue weighted by atomic mass is 10.3. The first kappa shape index (κ1) is 11.3. The van der Waals surface area contributed by atoms with Crippen LogP contribution in [-0.4, -0.2) is 31.2 Å². The van der Waals surface area contributed by atoms with E-state index in [1.54, 1.807) is 7.11 Å². The first-order valence-corrected chi connectivity index (χ1v) is 5.28. The standard InChI is InChI=1S/C9H17N3OS/c1-6(5-13-4)12(3)9-7(2)8(10)11-14-9/h6H,5H2,1-4H3,(H2,10,11). The van der Waals surface area contributed by atoms with Gasteiger partial charge in [0.15, 0.2) is 0 Å². The van der Waals surface area contributed by atoms with Crippen LogP contribution in [0.1, 0.15) is 12.5 Å². The summed E-state index contributed by atoms with van der Waals surface area (Å²) in [6, 6.07) is 0.332. The molecular weight excluding hydrogens is 198 g/mol. The van der Waals surface area contributed by atoms with Gasteiger partial charge in [0.25, 0.3) is 0 Å². The zero-order chi connectivity index (χ0) is 10.7. The molecule has 0 fully saturated rings. The number of hydrogen-bond donors (Lipinski definition) is 1. The molecule has 1 aromatic heterocycles. The Balaban J connectivity index is 2.78. The highest BCUT2D eigenvalue weighted by atomic mass is 32.1. The van der Waals surface area contributed by atoms with Gasteiger partial charge in [0.2, 0.25) is 0 Å². The van der Waals surface area contributed by atoms with Gasteiger partial charge in [-0.2, -0.15) is 4.37 Å². The second kappa shape index (κ2) is 4.61. The molecule has 0 amide bonds. The summed E-state index contributed by atoms with van der Waals surface area (Å²) in [7, 11) is 3.74. The number of methoxy groups -OCH3 is 1. The van der Waals surface area contributed by atoms with Crippen molar-refractivity contribution in [2.45, 2.75) is 19.9 Å². The number of nitrogens with two attached hydrogens (primary N) is 1. The molecule has 14 heavy (non-hydrogen) atoms. The molecule has 80 valence electrons.